The Balaban J connectivity index is 1.66. The van der Waals surface area contributed by atoms with Gasteiger partial charge >= 0.3 is 0 Å². The van der Waals surface area contributed by atoms with Crippen LogP contribution in [-0.2, 0) is 0 Å². The molecular weight excluding hydrogens is 236 g/mol. The van der Waals surface area contributed by atoms with E-state index in [-0.39, 0.29) is 0 Å². The van der Waals surface area contributed by atoms with Crippen molar-refractivity contribution < 1.29 is 0 Å². The summed E-state index contributed by atoms with van der Waals surface area (Å²) in [5.41, 5.74) is 2.28. The van der Waals surface area contributed by atoms with Crippen molar-refractivity contribution in [1.29, 1.82) is 0 Å². The fourth-order valence-corrected chi connectivity index (χ4v) is 2.65. The minimum atomic E-state index is 0.564. The average molecular weight is 256 g/mol. The molecule has 0 bridgehead atoms. The van der Waals surface area contributed by atoms with Crippen LogP contribution < -0.4 is 5.32 Å². The summed E-state index contributed by atoms with van der Waals surface area (Å²) in [6.45, 7) is 2.34. The molecular formula is C15H20N4. The zero-order chi connectivity index (χ0) is 13.1. The Kier molecular flexibility index (Phi) is 3.51. The molecule has 0 spiro atoms. The quantitative estimate of drug-likeness (QED) is 0.915. The maximum Gasteiger partial charge on any atom is 0.0647 e. The normalized spacial score (nSPS) is 20.4. The molecule has 0 radical (unpaired) electrons. The first-order valence-corrected chi connectivity index (χ1v) is 6.86. The molecule has 0 saturated carbocycles. The molecule has 4 nitrogen and oxygen atoms in total. The summed E-state index contributed by atoms with van der Waals surface area (Å²) < 4.78 is 1.87. The number of hydrogen-bond donors (Lipinski definition) is 1. The Hall–Kier alpha value is -1.81. The fourth-order valence-electron chi connectivity index (χ4n) is 2.65. The van der Waals surface area contributed by atoms with Crippen LogP contribution in [0.15, 0.2) is 42.7 Å². The van der Waals surface area contributed by atoms with Crippen molar-refractivity contribution in [1.82, 2.24) is 14.7 Å². The zero-order valence-corrected chi connectivity index (χ0v) is 11.3. The number of nitrogens with one attached hydrogen (secondary N) is 1. The predicted octanol–water partition coefficient (Wildman–Crippen LogP) is 2.38. The van der Waals surface area contributed by atoms with E-state index in [1.807, 2.05) is 16.9 Å². The molecule has 3 rings (SSSR count). The second-order valence-corrected chi connectivity index (χ2v) is 5.24. The van der Waals surface area contributed by atoms with Crippen LogP contribution >= 0.6 is 0 Å². The molecule has 1 aromatic carbocycles. The van der Waals surface area contributed by atoms with Crippen LogP contribution in [0.3, 0.4) is 0 Å². The molecule has 4 heteroatoms. The van der Waals surface area contributed by atoms with E-state index in [4.69, 9.17) is 0 Å². The topological polar surface area (TPSA) is 33.1 Å². The number of likely N-dealkylation sites (tertiary alicyclic amines) is 1. The second kappa shape index (κ2) is 5.45. The summed E-state index contributed by atoms with van der Waals surface area (Å²) in [7, 11) is 2.19. The predicted molar refractivity (Wildman–Crippen MR) is 77.7 cm³/mol. The lowest BCUT2D eigenvalue weighted by atomic mass is 10.1. The first-order chi connectivity index (χ1) is 9.31. The molecule has 2 heterocycles. The van der Waals surface area contributed by atoms with Crippen LogP contribution in [0.2, 0.25) is 0 Å². The average Bonchev–Trinajstić information content (AvgIpc) is 2.94. The second-order valence-electron chi connectivity index (χ2n) is 5.24. The Morgan fingerprint density at radius 1 is 1.26 bits per heavy atom. The highest BCUT2D eigenvalue weighted by Crippen LogP contribution is 2.17. The Morgan fingerprint density at radius 2 is 2.11 bits per heavy atom. The van der Waals surface area contributed by atoms with Crippen LogP contribution in [0, 0.1) is 0 Å². The number of benzene rings is 1. The summed E-state index contributed by atoms with van der Waals surface area (Å²) >= 11 is 0. The lowest BCUT2D eigenvalue weighted by molar-refractivity contribution is 0.261. The van der Waals surface area contributed by atoms with E-state index in [1.54, 1.807) is 6.20 Å². The Morgan fingerprint density at radius 3 is 2.79 bits per heavy atom. The first-order valence-electron chi connectivity index (χ1n) is 6.86. The van der Waals surface area contributed by atoms with Crippen molar-refractivity contribution >= 4 is 5.69 Å². The van der Waals surface area contributed by atoms with Crippen LogP contribution in [0.1, 0.15) is 12.8 Å². The number of anilines is 1. The third-order valence-electron chi connectivity index (χ3n) is 3.63. The van der Waals surface area contributed by atoms with Gasteiger partial charge in [0.1, 0.15) is 0 Å². The summed E-state index contributed by atoms with van der Waals surface area (Å²) in [5.74, 6) is 0. The highest BCUT2D eigenvalue weighted by atomic mass is 15.3. The van der Waals surface area contributed by atoms with Crippen LogP contribution in [0.25, 0.3) is 5.69 Å². The fraction of sp³-hybridized carbons (Fsp3) is 0.400. The van der Waals surface area contributed by atoms with E-state index in [0.29, 0.717) is 6.04 Å². The number of aromatic nitrogens is 2. The van der Waals surface area contributed by atoms with Crippen molar-refractivity contribution in [2.75, 3.05) is 25.5 Å². The Bertz CT molecular complexity index is 503. The maximum atomic E-state index is 4.23. The molecule has 1 aliphatic heterocycles. The van der Waals surface area contributed by atoms with Gasteiger partial charge in [-0.1, -0.05) is 0 Å². The van der Waals surface area contributed by atoms with Crippen LogP contribution in [0.5, 0.6) is 0 Å². The van der Waals surface area contributed by atoms with Gasteiger partial charge in [0.25, 0.3) is 0 Å². The summed E-state index contributed by atoms with van der Waals surface area (Å²) in [4.78, 5) is 2.39. The van der Waals surface area contributed by atoms with Gasteiger partial charge in [-0.25, -0.2) is 4.68 Å². The third kappa shape index (κ3) is 2.96. The van der Waals surface area contributed by atoms with Gasteiger partial charge in [0.2, 0.25) is 0 Å². The number of hydrogen-bond acceptors (Lipinski definition) is 3. The molecule has 0 amide bonds. The van der Waals surface area contributed by atoms with Crippen molar-refractivity contribution in [3.63, 3.8) is 0 Å². The molecule has 1 unspecified atom stereocenters. The SMILES string of the molecule is CN1CCCC(Nc2ccc(-n3cccn3)cc2)C1. The molecule has 100 valence electrons. The summed E-state index contributed by atoms with van der Waals surface area (Å²) in [6, 6.07) is 11.0. The zero-order valence-electron chi connectivity index (χ0n) is 11.3. The van der Waals surface area contributed by atoms with E-state index in [0.717, 1.165) is 12.2 Å². The molecule has 1 aliphatic rings. The number of piperidine rings is 1. The summed E-state index contributed by atoms with van der Waals surface area (Å²) in [5, 5.41) is 7.84. The number of nitrogens with zero attached hydrogens (tertiary/aromatic N) is 3. The third-order valence-corrected chi connectivity index (χ3v) is 3.63. The minimum absolute atomic E-state index is 0.564. The van der Waals surface area contributed by atoms with Crippen molar-refractivity contribution in [3.8, 4) is 5.69 Å². The lowest BCUT2D eigenvalue weighted by Gasteiger charge is -2.30. The van der Waals surface area contributed by atoms with Gasteiger partial charge < -0.3 is 10.2 Å². The van der Waals surface area contributed by atoms with E-state index < -0.39 is 0 Å². The van der Waals surface area contributed by atoms with E-state index in [2.05, 4.69) is 46.6 Å². The molecule has 19 heavy (non-hydrogen) atoms. The van der Waals surface area contributed by atoms with Crippen LogP contribution in [0.4, 0.5) is 5.69 Å². The number of rotatable bonds is 3. The molecule has 1 aromatic heterocycles. The van der Waals surface area contributed by atoms with Crippen molar-refractivity contribution in [2.45, 2.75) is 18.9 Å². The highest BCUT2D eigenvalue weighted by Gasteiger charge is 2.16. The molecule has 1 N–H and O–H groups in total. The van der Waals surface area contributed by atoms with Gasteiger partial charge in [0.05, 0.1) is 5.69 Å². The van der Waals surface area contributed by atoms with Gasteiger partial charge in [-0.2, -0.15) is 5.10 Å². The molecule has 1 saturated heterocycles. The lowest BCUT2D eigenvalue weighted by Crippen LogP contribution is -2.39. The van der Waals surface area contributed by atoms with Gasteiger partial charge in [-0.3, -0.25) is 0 Å². The smallest absolute Gasteiger partial charge is 0.0647 e. The minimum Gasteiger partial charge on any atom is -0.381 e. The first kappa shape index (κ1) is 12.2. The molecule has 0 aliphatic carbocycles. The van der Waals surface area contributed by atoms with Crippen LogP contribution in [-0.4, -0.2) is 40.9 Å². The molecule has 2 aromatic rings. The maximum absolute atomic E-state index is 4.23. The number of likely N-dealkylation sites (N-methyl/N-ethyl adjacent to an activating group) is 1. The standard InChI is InChI=1S/C15H20N4/c1-18-10-2-4-14(12-18)17-13-5-7-15(8-6-13)19-11-3-9-16-19/h3,5-9,11,14,17H,2,4,10,12H2,1H3. The molecule has 1 atom stereocenters. The van der Waals surface area contributed by atoms with Gasteiger partial charge in [0, 0.05) is 30.7 Å². The van der Waals surface area contributed by atoms with Crippen molar-refractivity contribution in [3.05, 3.63) is 42.7 Å². The molecule has 1 fully saturated rings. The van der Waals surface area contributed by atoms with E-state index >= 15 is 0 Å². The Labute approximate surface area is 114 Å². The highest BCUT2D eigenvalue weighted by molar-refractivity contribution is 5.49. The van der Waals surface area contributed by atoms with E-state index in [1.165, 1.54) is 25.1 Å². The van der Waals surface area contributed by atoms with E-state index in [9.17, 15) is 0 Å². The van der Waals surface area contributed by atoms with Gasteiger partial charge in [-0.05, 0) is 56.8 Å². The monoisotopic (exact) mass is 256 g/mol. The largest absolute Gasteiger partial charge is 0.381 e. The van der Waals surface area contributed by atoms with Gasteiger partial charge in [0.15, 0.2) is 0 Å². The van der Waals surface area contributed by atoms with Crippen molar-refractivity contribution in [2.24, 2.45) is 0 Å². The van der Waals surface area contributed by atoms with Gasteiger partial charge in [-0.15, -0.1) is 0 Å². The summed E-state index contributed by atoms with van der Waals surface area (Å²) in [6.07, 6.45) is 6.29.